The molecular formula is C14H16N2O4S. The number of furan rings is 1. The van der Waals surface area contributed by atoms with Crippen LogP contribution in [0.15, 0.2) is 40.3 Å². The average molecular weight is 308 g/mol. The van der Waals surface area contributed by atoms with E-state index in [1.807, 2.05) is 17.5 Å². The van der Waals surface area contributed by atoms with Gasteiger partial charge in [-0.25, -0.2) is 0 Å². The van der Waals surface area contributed by atoms with E-state index in [4.69, 9.17) is 4.42 Å². The number of carbonyl (C=O) groups is 2. The Bertz CT molecular complexity index is 566. The lowest BCUT2D eigenvalue weighted by molar-refractivity contribution is -0.139. The van der Waals surface area contributed by atoms with Gasteiger partial charge in [0.2, 0.25) is 0 Å². The van der Waals surface area contributed by atoms with Crippen LogP contribution in [0.25, 0.3) is 0 Å². The summed E-state index contributed by atoms with van der Waals surface area (Å²) >= 11 is 1.51. The van der Waals surface area contributed by atoms with Gasteiger partial charge < -0.3 is 20.2 Å². The molecule has 0 aromatic carbocycles. The van der Waals surface area contributed by atoms with Gasteiger partial charge in [-0.2, -0.15) is 0 Å². The molecule has 0 unspecified atom stereocenters. The van der Waals surface area contributed by atoms with Crippen molar-refractivity contribution in [3.05, 3.63) is 46.5 Å². The van der Waals surface area contributed by atoms with Gasteiger partial charge in [0.1, 0.15) is 11.9 Å². The van der Waals surface area contributed by atoms with E-state index in [1.54, 1.807) is 12.1 Å². The first kappa shape index (κ1) is 15.3. The maximum Gasteiger partial charge on any atom is 0.309 e. The number of thiophene rings is 1. The molecule has 21 heavy (non-hydrogen) atoms. The highest BCUT2D eigenvalue weighted by molar-refractivity contribution is 7.09. The van der Waals surface area contributed by atoms with Gasteiger partial charge in [0.25, 0.3) is 0 Å². The smallest absolute Gasteiger partial charge is 0.309 e. The van der Waals surface area contributed by atoms with E-state index >= 15 is 0 Å². The average Bonchev–Trinajstić information content (AvgIpc) is 3.17. The summed E-state index contributed by atoms with van der Waals surface area (Å²) in [5.74, 6) is -0.958. The highest BCUT2D eigenvalue weighted by Crippen LogP contribution is 2.15. The first-order valence-electron chi connectivity index (χ1n) is 6.46. The van der Waals surface area contributed by atoms with E-state index in [2.05, 4.69) is 10.6 Å². The van der Waals surface area contributed by atoms with Crippen molar-refractivity contribution in [2.24, 2.45) is 0 Å². The molecule has 0 aliphatic heterocycles. The van der Waals surface area contributed by atoms with Crippen LogP contribution in [0.4, 0.5) is 0 Å². The van der Waals surface area contributed by atoms with Crippen LogP contribution in [-0.4, -0.2) is 23.5 Å². The predicted molar refractivity (Wildman–Crippen MR) is 77.5 cm³/mol. The van der Waals surface area contributed by atoms with Gasteiger partial charge in [-0.05, 0) is 30.0 Å². The van der Waals surface area contributed by atoms with Crippen LogP contribution < -0.4 is 10.6 Å². The SMILES string of the molecule is O=C(NCC[C@H](O)c1ccco1)C(=O)NCc1cccs1. The molecule has 0 bridgehead atoms. The monoisotopic (exact) mass is 308 g/mol. The fraction of sp³-hybridized carbons (Fsp3) is 0.286. The van der Waals surface area contributed by atoms with Crippen LogP contribution in [-0.2, 0) is 16.1 Å². The molecule has 0 fully saturated rings. The van der Waals surface area contributed by atoms with Crippen molar-refractivity contribution in [3.63, 3.8) is 0 Å². The van der Waals surface area contributed by atoms with Gasteiger partial charge in [0, 0.05) is 11.4 Å². The van der Waals surface area contributed by atoms with Gasteiger partial charge in [-0.1, -0.05) is 6.07 Å². The summed E-state index contributed by atoms with van der Waals surface area (Å²) in [5.41, 5.74) is 0. The van der Waals surface area contributed by atoms with Crippen LogP contribution >= 0.6 is 11.3 Å². The summed E-state index contributed by atoms with van der Waals surface area (Å²) in [7, 11) is 0. The van der Waals surface area contributed by atoms with Crippen molar-refractivity contribution in [1.82, 2.24) is 10.6 Å². The standard InChI is InChI=1S/C14H16N2O4S/c17-11(12-4-1-7-20-12)5-6-15-13(18)14(19)16-9-10-3-2-8-21-10/h1-4,7-8,11,17H,5-6,9H2,(H,15,18)(H,16,19)/t11-/m0/s1. The summed E-state index contributed by atoms with van der Waals surface area (Å²) in [6.07, 6.45) is 0.946. The van der Waals surface area contributed by atoms with Gasteiger partial charge in [-0.15, -0.1) is 11.3 Å². The van der Waals surface area contributed by atoms with Crippen LogP contribution in [0.1, 0.15) is 23.2 Å². The molecule has 2 aromatic heterocycles. The summed E-state index contributed by atoms with van der Waals surface area (Å²) in [4.78, 5) is 24.1. The van der Waals surface area contributed by atoms with Crippen molar-refractivity contribution < 1.29 is 19.1 Å². The molecule has 0 radical (unpaired) electrons. The molecule has 0 saturated heterocycles. The number of nitrogens with one attached hydrogen (secondary N) is 2. The van der Waals surface area contributed by atoms with Crippen LogP contribution in [0.3, 0.4) is 0 Å². The molecule has 1 atom stereocenters. The predicted octanol–water partition coefficient (Wildman–Crippen LogP) is 1.20. The number of rotatable bonds is 6. The second-order valence-electron chi connectivity index (χ2n) is 4.34. The van der Waals surface area contributed by atoms with Crippen molar-refractivity contribution in [1.29, 1.82) is 0 Å². The van der Waals surface area contributed by atoms with E-state index < -0.39 is 17.9 Å². The Balaban J connectivity index is 1.65. The first-order valence-corrected chi connectivity index (χ1v) is 7.34. The number of carbonyl (C=O) groups excluding carboxylic acids is 2. The van der Waals surface area contributed by atoms with Gasteiger partial charge in [0.15, 0.2) is 0 Å². The Hall–Kier alpha value is -2.12. The fourth-order valence-corrected chi connectivity index (χ4v) is 2.33. The lowest BCUT2D eigenvalue weighted by Crippen LogP contribution is -2.40. The second-order valence-corrected chi connectivity index (χ2v) is 5.37. The largest absolute Gasteiger partial charge is 0.467 e. The van der Waals surface area contributed by atoms with Crippen molar-refractivity contribution in [2.75, 3.05) is 6.54 Å². The summed E-state index contributed by atoms with van der Waals surface area (Å²) in [6, 6.07) is 7.08. The molecule has 0 saturated carbocycles. The molecule has 3 N–H and O–H groups in total. The minimum atomic E-state index is -0.797. The van der Waals surface area contributed by atoms with E-state index in [-0.39, 0.29) is 13.0 Å². The number of hydrogen-bond donors (Lipinski definition) is 3. The van der Waals surface area contributed by atoms with Gasteiger partial charge in [0.05, 0.1) is 12.8 Å². The van der Waals surface area contributed by atoms with Crippen LogP contribution in [0.2, 0.25) is 0 Å². The molecule has 112 valence electrons. The maximum atomic E-state index is 11.5. The molecular weight excluding hydrogens is 292 g/mol. The molecule has 6 nitrogen and oxygen atoms in total. The number of aliphatic hydroxyl groups is 1. The Labute approximate surface area is 125 Å². The lowest BCUT2D eigenvalue weighted by atomic mass is 10.2. The third-order valence-electron chi connectivity index (χ3n) is 2.78. The Morgan fingerprint density at radius 3 is 2.71 bits per heavy atom. The summed E-state index contributed by atoms with van der Waals surface area (Å²) in [6.45, 7) is 0.520. The van der Waals surface area contributed by atoms with Gasteiger partial charge >= 0.3 is 11.8 Å². The zero-order valence-corrected chi connectivity index (χ0v) is 12.1. The number of amides is 2. The molecule has 0 spiro atoms. The highest BCUT2D eigenvalue weighted by atomic mass is 32.1. The third kappa shape index (κ3) is 4.73. The van der Waals surface area contributed by atoms with E-state index in [9.17, 15) is 14.7 Å². The van der Waals surface area contributed by atoms with Crippen molar-refractivity contribution in [2.45, 2.75) is 19.1 Å². The van der Waals surface area contributed by atoms with Crippen LogP contribution in [0.5, 0.6) is 0 Å². The third-order valence-corrected chi connectivity index (χ3v) is 3.66. The van der Waals surface area contributed by atoms with Crippen molar-refractivity contribution in [3.8, 4) is 0 Å². The molecule has 7 heteroatoms. The number of aliphatic hydroxyl groups excluding tert-OH is 1. The lowest BCUT2D eigenvalue weighted by Gasteiger charge is -2.09. The Morgan fingerprint density at radius 1 is 1.24 bits per heavy atom. The Morgan fingerprint density at radius 2 is 2.05 bits per heavy atom. The second kappa shape index (κ2) is 7.61. The molecule has 2 rings (SSSR count). The van der Waals surface area contributed by atoms with Crippen molar-refractivity contribution >= 4 is 23.2 Å². The Kier molecular flexibility index (Phi) is 5.53. The zero-order chi connectivity index (χ0) is 15.1. The minimum Gasteiger partial charge on any atom is -0.467 e. The molecule has 2 heterocycles. The molecule has 0 aliphatic rings. The molecule has 2 aromatic rings. The maximum absolute atomic E-state index is 11.5. The van der Waals surface area contributed by atoms with Gasteiger partial charge in [-0.3, -0.25) is 9.59 Å². The van der Waals surface area contributed by atoms with Crippen LogP contribution in [0, 0.1) is 0 Å². The number of hydrogen-bond acceptors (Lipinski definition) is 5. The fourth-order valence-electron chi connectivity index (χ4n) is 1.69. The zero-order valence-electron chi connectivity index (χ0n) is 11.2. The van der Waals surface area contributed by atoms with E-state index in [1.165, 1.54) is 17.6 Å². The first-order chi connectivity index (χ1) is 10.2. The summed E-state index contributed by atoms with van der Waals surface area (Å²) in [5, 5.41) is 16.6. The van der Waals surface area contributed by atoms with E-state index in [0.717, 1.165) is 4.88 Å². The molecule has 0 aliphatic carbocycles. The topological polar surface area (TPSA) is 91.6 Å². The highest BCUT2D eigenvalue weighted by Gasteiger charge is 2.15. The normalized spacial score (nSPS) is 11.9. The summed E-state index contributed by atoms with van der Waals surface area (Å²) < 4.78 is 5.04. The quantitative estimate of drug-likeness (QED) is 0.699. The minimum absolute atomic E-state index is 0.188. The van der Waals surface area contributed by atoms with E-state index in [0.29, 0.717) is 12.3 Å². The molecule has 2 amide bonds.